The van der Waals surface area contributed by atoms with Gasteiger partial charge in [-0.05, 0) is 5.92 Å². The minimum atomic E-state index is 0.654. The normalized spacial score (nSPS) is 10.3. The average Bonchev–Trinajstić information content (AvgIpc) is 1.88. The maximum atomic E-state index is 2.22. The van der Waals surface area contributed by atoms with E-state index in [4.69, 9.17) is 0 Å². The largest absolute Gasteiger partial charge is 0.139 e. The lowest BCUT2D eigenvalue weighted by molar-refractivity contribution is 0.873. The van der Waals surface area contributed by atoms with E-state index in [0.717, 1.165) is 0 Å². The summed E-state index contributed by atoms with van der Waals surface area (Å²) in [6, 6.07) is 8.54. The van der Waals surface area contributed by atoms with Crippen molar-refractivity contribution in [2.24, 2.45) is 0 Å². The number of benzene rings is 1. The average molecular weight is 132 g/mol. The van der Waals surface area contributed by atoms with Crippen LogP contribution in [0.3, 0.4) is 0 Å². The van der Waals surface area contributed by atoms with E-state index < -0.39 is 0 Å². The van der Waals surface area contributed by atoms with E-state index in [1.807, 2.05) is 0 Å². The van der Waals surface area contributed by atoms with Gasteiger partial charge >= 0.3 is 0 Å². The second kappa shape index (κ2) is 2.91. The lowest BCUT2D eigenvalue weighted by Crippen LogP contribution is -2.10. The van der Waals surface area contributed by atoms with Crippen molar-refractivity contribution >= 4 is 13.3 Å². The first-order chi connectivity index (χ1) is 4.72. The van der Waals surface area contributed by atoms with Gasteiger partial charge in [-0.2, -0.15) is 0 Å². The molecule has 0 saturated carbocycles. The molecular formula is C9H13B. The van der Waals surface area contributed by atoms with Crippen LogP contribution in [0.25, 0.3) is 0 Å². The van der Waals surface area contributed by atoms with Crippen molar-refractivity contribution in [1.82, 2.24) is 0 Å². The second-order valence-corrected chi connectivity index (χ2v) is 3.01. The predicted molar refractivity (Wildman–Crippen MR) is 48.7 cm³/mol. The van der Waals surface area contributed by atoms with Gasteiger partial charge in [0.05, 0.1) is 0 Å². The zero-order valence-electron chi connectivity index (χ0n) is 6.89. The summed E-state index contributed by atoms with van der Waals surface area (Å²) >= 11 is 0. The van der Waals surface area contributed by atoms with Gasteiger partial charge in [-0.3, -0.25) is 0 Å². The zero-order valence-corrected chi connectivity index (χ0v) is 6.89. The molecule has 0 aliphatic heterocycles. The number of rotatable bonds is 1. The predicted octanol–water partition coefficient (Wildman–Crippen LogP) is 1.07. The third-order valence-electron chi connectivity index (χ3n) is 1.81. The van der Waals surface area contributed by atoms with Crippen molar-refractivity contribution in [3.8, 4) is 0 Å². The third-order valence-corrected chi connectivity index (χ3v) is 1.81. The summed E-state index contributed by atoms with van der Waals surface area (Å²) in [6.45, 7) is 4.45. The van der Waals surface area contributed by atoms with Gasteiger partial charge in [0, 0.05) is 0 Å². The summed E-state index contributed by atoms with van der Waals surface area (Å²) in [5.41, 5.74) is 2.86. The van der Waals surface area contributed by atoms with Gasteiger partial charge in [0.15, 0.2) is 0 Å². The highest BCUT2D eigenvalue weighted by molar-refractivity contribution is 6.33. The van der Waals surface area contributed by atoms with E-state index in [-0.39, 0.29) is 0 Å². The molecule has 0 N–H and O–H groups in total. The van der Waals surface area contributed by atoms with E-state index in [2.05, 4.69) is 46.0 Å². The van der Waals surface area contributed by atoms with Crippen LogP contribution in [-0.2, 0) is 0 Å². The highest BCUT2D eigenvalue weighted by atomic mass is 14.0. The molecule has 1 rings (SSSR count). The minimum absolute atomic E-state index is 0.654. The summed E-state index contributed by atoms with van der Waals surface area (Å²) in [4.78, 5) is 0. The van der Waals surface area contributed by atoms with Crippen LogP contribution < -0.4 is 5.46 Å². The summed E-state index contributed by atoms with van der Waals surface area (Å²) in [5.74, 6) is 0.654. The maximum absolute atomic E-state index is 2.22. The quantitative estimate of drug-likeness (QED) is 0.501. The SMILES string of the molecule is Bc1ccccc1C(C)C. The molecule has 10 heavy (non-hydrogen) atoms. The van der Waals surface area contributed by atoms with Gasteiger partial charge < -0.3 is 0 Å². The van der Waals surface area contributed by atoms with Crippen LogP contribution >= 0.6 is 0 Å². The summed E-state index contributed by atoms with van der Waals surface area (Å²) < 4.78 is 0. The molecule has 0 spiro atoms. The van der Waals surface area contributed by atoms with Crippen molar-refractivity contribution in [3.63, 3.8) is 0 Å². The Bertz CT molecular complexity index is 216. The summed E-state index contributed by atoms with van der Waals surface area (Å²) in [5, 5.41) is 0. The van der Waals surface area contributed by atoms with E-state index in [9.17, 15) is 0 Å². The molecule has 0 nitrogen and oxygen atoms in total. The molecule has 0 aliphatic rings. The molecule has 1 aromatic rings. The summed E-state index contributed by atoms with van der Waals surface area (Å²) in [6.07, 6.45) is 0. The Morgan fingerprint density at radius 3 is 2.20 bits per heavy atom. The lowest BCUT2D eigenvalue weighted by atomic mass is 9.86. The Labute approximate surface area is 63.7 Å². The van der Waals surface area contributed by atoms with Gasteiger partial charge in [0.2, 0.25) is 0 Å². The monoisotopic (exact) mass is 132 g/mol. The Morgan fingerprint density at radius 2 is 1.80 bits per heavy atom. The molecule has 0 aromatic heterocycles. The summed E-state index contributed by atoms with van der Waals surface area (Å²) in [7, 11) is 2.16. The first-order valence-electron chi connectivity index (χ1n) is 3.77. The molecule has 52 valence electrons. The lowest BCUT2D eigenvalue weighted by Gasteiger charge is -2.07. The molecule has 0 amide bonds. The maximum Gasteiger partial charge on any atom is 0.139 e. The van der Waals surface area contributed by atoms with Crippen molar-refractivity contribution in [3.05, 3.63) is 29.8 Å². The molecule has 0 aliphatic carbocycles. The van der Waals surface area contributed by atoms with Crippen LogP contribution in [0.5, 0.6) is 0 Å². The van der Waals surface area contributed by atoms with Crippen LogP contribution in [-0.4, -0.2) is 7.85 Å². The topological polar surface area (TPSA) is 0 Å². The van der Waals surface area contributed by atoms with E-state index in [0.29, 0.717) is 5.92 Å². The third kappa shape index (κ3) is 1.41. The fraction of sp³-hybridized carbons (Fsp3) is 0.333. The fourth-order valence-corrected chi connectivity index (χ4v) is 1.23. The van der Waals surface area contributed by atoms with Gasteiger partial charge in [0.1, 0.15) is 7.85 Å². The first kappa shape index (κ1) is 7.39. The fourth-order valence-electron chi connectivity index (χ4n) is 1.23. The van der Waals surface area contributed by atoms with Crippen LogP contribution in [0.2, 0.25) is 0 Å². The van der Waals surface area contributed by atoms with Crippen LogP contribution in [0.4, 0.5) is 0 Å². The van der Waals surface area contributed by atoms with Crippen LogP contribution in [0.1, 0.15) is 25.3 Å². The van der Waals surface area contributed by atoms with Crippen molar-refractivity contribution in [1.29, 1.82) is 0 Å². The highest BCUT2D eigenvalue weighted by Crippen LogP contribution is 2.09. The van der Waals surface area contributed by atoms with E-state index in [1.54, 1.807) is 0 Å². The molecule has 0 atom stereocenters. The Hall–Kier alpha value is -0.715. The van der Waals surface area contributed by atoms with Crippen molar-refractivity contribution in [2.75, 3.05) is 0 Å². The molecule has 0 fully saturated rings. The Balaban J connectivity index is 3.03. The molecule has 0 heterocycles. The molecule has 0 bridgehead atoms. The van der Waals surface area contributed by atoms with Crippen LogP contribution in [0, 0.1) is 0 Å². The smallest absolute Gasteiger partial charge is 0.0856 e. The molecule has 0 saturated heterocycles. The minimum Gasteiger partial charge on any atom is -0.0856 e. The van der Waals surface area contributed by atoms with Gasteiger partial charge in [-0.25, -0.2) is 0 Å². The van der Waals surface area contributed by atoms with Crippen molar-refractivity contribution < 1.29 is 0 Å². The first-order valence-corrected chi connectivity index (χ1v) is 3.77. The molecule has 0 unspecified atom stereocenters. The Morgan fingerprint density at radius 1 is 1.20 bits per heavy atom. The zero-order chi connectivity index (χ0) is 7.56. The van der Waals surface area contributed by atoms with Crippen molar-refractivity contribution in [2.45, 2.75) is 19.8 Å². The standard InChI is InChI=1S/C9H13B/c1-7(2)8-5-3-4-6-9(8)10/h3-7H,10H2,1-2H3. The van der Waals surface area contributed by atoms with E-state index >= 15 is 0 Å². The van der Waals surface area contributed by atoms with Crippen LogP contribution in [0.15, 0.2) is 24.3 Å². The molecule has 0 radical (unpaired) electrons. The molecule has 1 aromatic carbocycles. The van der Waals surface area contributed by atoms with Gasteiger partial charge in [-0.1, -0.05) is 49.1 Å². The highest BCUT2D eigenvalue weighted by Gasteiger charge is 1.99. The molecular weight excluding hydrogens is 119 g/mol. The van der Waals surface area contributed by atoms with Gasteiger partial charge in [-0.15, -0.1) is 0 Å². The molecule has 1 heteroatoms. The number of hydrogen-bond acceptors (Lipinski definition) is 0. The van der Waals surface area contributed by atoms with E-state index in [1.165, 1.54) is 11.0 Å². The Kier molecular flexibility index (Phi) is 2.15. The number of hydrogen-bond donors (Lipinski definition) is 0. The van der Waals surface area contributed by atoms with Gasteiger partial charge in [0.25, 0.3) is 0 Å². The second-order valence-electron chi connectivity index (χ2n) is 3.01.